The number of carbonyl (C=O) groups is 3. The zero-order valence-corrected chi connectivity index (χ0v) is 28.3. The first-order valence-corrected chi connectivity index (χ1v) is 16.2. The Morgan fingerprint density at radius 2 is 1.91 bits per heavy atom. The van der Waals surface area contributed by atoms with E-state index in [2.05, 4.69) is 15.3 Å². The van der Waals surface area contributed by atoms with E-state index in [-0.39, 0.29) is 54.5 Å². The standard InChI is InChI=1S/C33H45ClF2N4O6/c1-18(2)16-45-30(42)25-19(3)17-44-28-26(37-22-12-11-21(34)15-23(22)38-28)33(35,36)13-9-8-10-20-14-24(20)46-31(43)39-27(32(4,5)6)29(41)40(25)7/h11-12,15,18-20,24-25,27H,8-10,13-14,16-17H2,1-7H3,(H,39,43). The maximum absolute atomic E-state index is 15.8. The number of alkyl halides is 2. The van der Waals surface area contributed by atoms with Gasteiger partial charge in [-0.2, -0.15) is 8.78 Å². The van der Waals surface area contributed by atoms with Crippen molar-refractivity contribution in [2.45, 2.75) is 97.8 Å². The zero-order valence-electron chi connectivity index (χ0n) is 27.6. The van der Waals surface area contributed by atoms with Gasteiger partial charge in [0, 0.05) is 24.4 Å². The Labute approximate surface area is 273 Å². The van der Waals surface area contributed by atoms with Gasteiger partial charge >= 0.3 is 12.1 Å². The van der Waals surface area contributed by atoms with E-state index in [0.717, 1.165) is 0 Å². The normalized spacial score (nSPS) is 26.4. The van der Waals surface area contributed by atoms with Crippen LogP contribution in [0.3, 0.4) is 0 Å². The van der Waals surface area contributed by atoms with Gasteiger partial charge in [0.15, 0.2) is 5.69 Å². The fourth-order valence-corrected chi connectivity index (χ4v) is 5.74. The predicted octanol–water partition coefficient (Wildman–Crippen LogP) is 6.52. The molecular weight excluding hydrogens is 622 g/mol. The van der Waals surface area contributed by atoms with E-state index < -0.39 is 59.4 Å². The monoisotopic (exact) mass is 666 g/mol. The molecule has 2 amide bonds. The van der Waals surface area contributed by atoms with Crippen LogP contribution in [-0.4, -0.2) is 71.3 Å². The number of nitrogens with one attached hydrogen (secondary N) is 1. The van der Waals surface area contributed by atoms with Crippen LogP contribution >= 0.6 is 11.6 Å². The Morgan fingerprint density at radius 3 is 2.59 bits per heavy atom. The van der Waals surface area contributed by atoms with E-state index in [4.69, 9.17) is 25.8 Å². The molecule has 1 saturated carbocycles. The number of rotatable bonds is 3. The first-order valence-electron chi connectivity index (χ1n) is 15.9. The lowest BCUT2D eigenvalue weighted by atomic mass is 9.85. The molecule has 2 heterocycles. The first kappa shape index (κ1) is 35.6. The third-order valence-corrected chi connectivity index (χ3v) is 8.57. The average molecular weight is 667 g/mol. The molecule has 1 aromatic heterocycles. The van der Waals surface area contributed by atoms with Crippen molar-refractivity contribution < 1.29 is 37.4 Å². The third kappa shape index (κ3) is 8.74. The number of fused-ring (bicyclic) bond motifs is 3. The molecule has 10 nitrogen and oxygen atoms in total. The molecule has 4 rings (SSSR count). The highest BCUT2D eigenvalue weighted by Crippen LogP contribution is 2.41. The molecule has 1 aromatic carbocycles. The molecule has 5 atom stereocenters. The highest BCUT2D eigenvalue weighted by Gasteiger charge is 2.45. The topological polar surface area (TPSA) is 120 Å². The fraction of sp³-hybridized carbons (Fsp3) is 0.667. The summed E-state index contributed by atoms with van der Waals surface area (Å²) in [4.78, 5) is 50.3. The SMILES string of the molecule is CC(C)COC(=O)C1C(C)COc2nc3cc(Cl)ccc3nc2C(F)(F)CCCCC2CC2OC(=O)NC(C(C)(C)C)C(=O)N1C. The van der Waals surface area contributed by atoms with E-state index in [1.165, 1.54) is 24.1 Å². The van der Waals surface area contributed by atoms with Crippen LogP contribution in [0.2, 0.25) is 5.02 Å². The van der Waals surface area contributed by atoms with Crippen LogP contribution in [0.4, 0.5) is 13.6 Å². The number of halogens is 3. The van der Waals surface area contributed by atoms with Crippen molar-refractivity contribution in [3.05, 3.63) is 28.9 Å². The molecular formula is C33H45ClF2N4O6. The second-order valence-corrected chi connectivity index (χ2v) is 14.5. The molecule has 46 heavy (non-hydrogen) atoms. The van der Waals surface area contributed by atoms with E-state index in [1.807, 2.05) is 13.8 Å². The molecule has 0 spiro atoms. The number of alkyl carbamates (subject to hydrolysis) is 1. The van der Waals surface area contributed by atoms with Gasteiger partial charge in [-0.3, -0.25) is 4.79 Å². The highest BCUT2D eigenvalue weighted by atomic mass is 35.5. The van der Waals surface area contributed by atoms with Gasteiger partial charge in [-0.1, -0.05) is 59.6 Å². The van der Waals surface area contributed by atoms with E-state index in [9.17, 15) is 14.4 Å². The summed E-state index contributed by atoms with van der Waals surface area (Å²) < 4.78 is 48.7. The lowest BCUT2D eigenvalue weighted by Gasteiger charge is -2.37. The number of ether oxygens (including phenoxy) is 3. The van der Waals surface area contributed by atoms with Crippen molar-refractivity contribution in [3.8, 4) is 5.88 Å². The molecule has 2 aromatic rings. The van der Waals surface area contributed by atoms with Crippen LogP contribution in [0.15, 0.2) is 18.2 Å². The summed E-state index contributed by atoms with van der Waals surface area (Å²) in [7, 11) is 1.45. The summed E-state index contributed by atoms with van der Waals surface area (Å²) in [6, 6.07) is 2.36. The lowest BCUT2D eigenvalue weighted by Crippen LogP contribution is -2.59. The smallest absolute Gasteiger partial charge is 0.408 e. The van der Waals surface area contributed by atoms with E-state index >= 15 is 8.78 Å². The van der Waals surface area contributed by atoms with Crippen molar-refractivity contribution in [2.24, 2.45) is 23.2 Å². The molecule has 1 aliphatic carbocycles. The van der Waals surface area contributed by atoms with Crippen molar-refractivity contribution in [2.75, 3.05) is 20.3 Å². The van der Waals surface area contributed by atoms with Crippen molar-refractivity contribution in [3.63, 3.8) is 0 Å². The van der Waals surface area contributed by atoms with Crippen molar-refractivity contribution in [1.29, 1.82) is 0 Å². The number of likely N-dealkylation sites (N-methyl/N-ethyl adjacent to an activating group) is 1. The van der Waals surface area contributed by atoms with Gasteiger partial charge in [-0.15, -0.1) is 0 Å². The minimum Gasteiger partial charge on any atom is -0.476 e. The van der Waals surface area contributed by atoms with Crippen LogP contribution < -0.4 is 10.1 Å². The Balaban J connectivity index is 1.73. The van der Waals surface area contributed by atoms with Gasteiger partial charge in [0.1, 0.15) is 18.2 Å². The van der Waals surface area contributed by atoms with Gasteiger partial charge in [-0.25, -0.2) is 19.6 Å². The quantitative estimate of drug-likeness (QED) is 0.368. The maximum Gasteiger partial charge on any atom is 0.408 e. The summed E-state index contributed by atoms with van der Waals surface area (Å²) in [5.74, 6) is -5.65. The molecule has 5 unspecified atom stereocenters. The second kappa shape index (κ2) is 14.2. The van der Waals surface area contributed by atoms with Crippen molar-refractivity contribution in [1.82, 2.24) is 20.2 Å². The predicted molar refractivity (Wildman–Crippen MR) is 169 cm³/mol. The Hall–Kier alpha value is -3.28. The highest BCUT2D eigenvalue weighted by molar-refractivity contribution is 6.31. The molecule has 2 aliphatic rings. The zero-order chi connectivity index (χ0) is 34.0. The number of nitrogens with zero attached hydrogens (tertiary/aromatic N) is 3. The Kier molecular flexibility index (Phi) is 11.0. The van der Waals surface area contributed by atoms with E-state index in [1.54, 1.807) is 33.8 Å². The minimum absolute atomic E-state index is 0.0225. The second-order valence-electron chi connectivity index (χ2n) is 14.0. The van der Waals surface area contributed by atoms with Crippen LogP contribution in [0.5, 0.6) is 5.88 Å². The largest absolute Gasteiger partial charge is 0.476 e. The molecule has 0 saturated heterocycles. The summed E-state index contributed by atoms with van der Waals surface area (Å²) in [5.41, 5.74) is -0.842. The summed E-state index contributed by atoms with van der Waals surface area (Å²) in [5, 5.41) is 3.07. The molecule has 0 bridgehead atoms. The number of esters is 1. The minimum atomic E-state index is -3.37. The summed E-state index contributed by atoms with van der Waals surface area (Å²) >= 11 is 6.15. The van der Waals surface area contributed by atoms with E-state index in [0.29, 0.717) is 24.3 Å². The van der Waals surface area contributed by atoms with Gasteiger partial charge in [0.2, 0.25) is 11.8 Å². The van der Waals surface area contributed by atoms with Gasteiger partial charge in [0.25, 0.3) is 5.92 Å². The summed E-state index contributed by atoms with van der Waals surface area (Å²) in [6.07, 6.45) is 0.353. The molecule has 1 N–H and O–H groups in total. The third-order valence-electron chi connectivity index (χ3n) is 8.33. The lowest BCUT2D eigenvalue weighted by molar-refractivity contribution is -0.159. The molecule has 13 heteroatoms. The maximum atomic E-state index is 15.8. The fourth-order valence-electron chi connectivity index (χ4n) is 5.58. The molecule has 1 aliphatic heterocycles. The van der Waals surface area contributed by atoms with Crippen LogP contribution in [0, 0.1) is 23.2 Å². The molecule has 0 radical (unpaired) electrons. The van der Waals surface area contributed by atoms with Crippen LogP contribution in [0.1, 0.15) is 79.3 Å². The summed E-state index contributed by atoms with van der Waals surface area (Å²) in [6.45, 7) is 10.6. The van der Waals surface area contributed by atoms with Crippen LogP contribution in [0.25, 0.3) is 11.0 Å². The van der Waals surface area contributed by atoms with Gasteiger partial charge in [-0.05, 0) is 54.7 Å². The van der Waals surface area contributed by atoms with Gasteiger partial charge < -0.3 is 24.4 Å². The first-order chi connectivity index (χ1) is 21.5. The number of hydrogen-bond donors (Lipinski definition) is 1. The number of amides is 2. The Bertz CT molecular complexity index is 1430. The number of benzene rings is 1. The average Bonchev–Trinajstić information content (AvgIpc) is 3.71. The molecule has 254 valence electrons. The van der Waals surface area contributed by atoms with Gasteiger partial charge in [0.05, 0.1) is 24.2 Å². The number of hydrogen-bond acceptors (Lipinski definition) is 8. The Morgan fingerprint density at radius 1 is 1.20 bits per heavy atom. The molecule has 1 fully saturated rings. The van der Waals surface area contributed by atoms with Crippen LogP contribution in [-0.2, 0) is 25.0 Å². The number of aromatic nitrogens is 2. The number of carbonyl (C=O) groups excluding carboxylic acids is 3. The van der Waals surface area contributed by atoms with Crippen molar-refractivity contribution >= 4 is 40.6 Å².